The number of alkyl halides is 1. The molecule has 1 unspecified atom stereocenters. The van der Waals surface area contributed by atoms with Crippen LogP contribution in [0, 0.1) is 0 Å². The molecule has 1 aliphatic heterocycles. The predicted octanol–water partition coefficient (Wildman–Crippen LogP) is 0.468. The molecule has 0 N–H and O–H groups in total. The Morgan fingerprint density at radius 1 is 1.77 bits per heavy atom. The molecule has 1 heterocycles. The highest BCUT2D eigenvalue weighted by molar-refractivity contribution is 5.84. The summed E-state index contributed by atoms with van der Waals surface area (Å²) in [6.07, 6.45) is -0.992. The molecular weight excluding hydrogens is 177 g/mol. The van der Waals surface area contributed by atoms with Gasteiger partial charge in [-0.05, 0) is 13.3 Å². The van der Waals surface area contributed by atoms with E-state index in [2.05, 4.69) is 4.74 Å². The lowest BCUT2D eigenvalue weighted by atomic mass is 10.4. The summed E-state index contributed by atoms with van der Waals surface area (Å²) in [4.78, 5) is 22.8. The molecule has 13 heavy (non-hydrogen) atoms. The third-order valence-electron chi connectivity index (χ3n) is 1.86. The molecule has 1 saturated heterocycles. The van der Waals surface area contributed by atoms with Gasteiger partial charge in [0.2, 0.25) is 5.91 Å². The maximum Gasteiger partial charge on any atom is 0.362 e. The highest BCUT2D eigenvalue weighted by Crippen LogP contribution is 2.15. The zero-order valence-corrected chi connectivity index (χ0v) is 7.46. The molecule has 0 bridgehead atoms. The summed E-state index contributed by atoms with van der Waals surface area (Å²) in [6, 6.07) is 0. The van der Waals surface area contributed by atoms with Gasteiger partial charge in [-0.2, -0.15) is 0 Å². The van der Waals surface area contributed by atoms with Crippen LogP contribution in [0.5, 0.6) is 0 Å². The van der Waals surface area contributed by atoms with Crippen LogP contribution >= 0.6 is 0 Å². The van der Waals surface area contributed by atoms with E-state index < -0.39 is 12.3 Å². The number of carbonyl (C=O) groups is 2. The van der Waals surface area contributed by atoms with E-state index in [9.17, 15) is 14.0 Å². The van der Waals surface area contributed by atoms with Gasteiger partial charge < -0.3 is 9.64 Å². The highest BCUT2D eigenvalue weighted by Gasteiger charge is 2.33. The van der Waals surface area contributed by atoms with Crippen molar-refractivity contribution in [2.45, 2.75) is 26.1 Å². The molecule has 0 aromatic carbocycles. The fourth-order valence-corrected chi connectivity index (χ4v) is 1.25. The summed E-state index contributed by atoms with van der Waals surface area (Å²) >= 11 is 0. The number of nitrogens with zero attached hydrogens (tertiary/aromatic N) is 1. The molecule has 0 spiro atoms. The minimum Gasteiger partial charge on any atom is -0.462 e. The lowest BCUT2D eigenvalue weighted by molar-refractivity contribution is -0.160. The highest BCUT2D eigenvalue weighted by atomic mass is 19.1. The monoisotopic (exact) mass is 189 g/mol. The van der Waals surface area contributed by atoms with Crippen molar-refractivity contribution >= 4 is 11.9 Å². The van der Waals surface area contributed by atoms with Gasteiger partial charge in [-0.3, -0.25) is 4.79 Å². The zero-order chi connectivity index (χ0) is 9.84. The van der Waals surface area contributed by atoms with Gasteiger partial charge in [0, 0.05) is 13.0 Å². The average Bonchev–Trinajstić information content (AvgIpc) is 2.50. The van der Waals surface area contributed by atoms with Crippen LogP contribution in [0.25, 0.3) is 0 Å². The Kier molecular flexibility index (Phi) is 3.22. The topological polar surface area (TPSA) is 46.6 Å². The van der Waals surface area contributed by atoms with Crippen LogP contribution < -0.4 is 0 Å². The van der Waals surface area contributed by atoms with Crippen LogP contribution in [0.3, 0.4) is 0 Å². The van der Waals surface area contributed by atoms with Crippen molar-refractivity contribution in [2.75, 3.05) is 13.2 Å². The second-order valence-electron chi connectivity index (χ2n) is 2.78. The van der Waals surface area contributed by atoms with Gasteiger partial charge >= 0.3 is 5.97 Å². The van der Waals surface area contributed by atoms with E-state index in [1.807, 2.05) is 0 Å². The Hall–Kier alpha value is -1.13. The van der Waals surface area contributed by atoms with Crippen LogP contribution in [-0.2, 0) is 14.3 Å². The minimum atomic E-state index is -1.92. The third-order valence-corrected chi connectivity index (χ3v) is 1.86. The molecule has 0 aromatic heterocycles. The number of hydrogen-bond acceptors (Lipinski definition) is 3. The SMILES string of the molecule is CCOC(=O)C(F)N1CCCC1=O. The first-order chi connectivity index (χ1) is 6.16. The summed E-state index contributed by atoms with van der Waals surface area (Å²) in [7, 11) is 0. The number of likely N-dealkylation sites (tertiary alicyclic amines) is 1. The molecule has 1 fully saturated rings. The molecule has 1 aliphatic rings. The minimum absolute atomic E-state index is 0.126. The molecular formula is C8H12FNO3. The first-order valence-electron chi connectivity index (χ1n) is 4.27. The second kappa shape index (κ2) is 4.20. The maximum atomic E-state index is 13.2. The van der Waals surface area contributed by atoms with Crippen molar-refractivity contribution in [3.8, 4) is 0 Å². The number of hydrogen-bond donors (Lipinski definition) is 0. The molecule has 1 rings (SSSR count). The van der Waals surface area contributed by atoms with Gasteiger partial charge in [0.15, 0.2) is 0 Å². The lowest BCUT2D eigenvalue weighted by Crippen LogP contribution is -2.39. The number of ether oxygens (including phenoxy) is 1. The molecule has 1 amide bonds. The Balaban J connectivity index is 2.50. The van der Waals surface area contributed by atoms with Crippen molar-refractivity contribution in [3.05, 3.63) is 0 Å². The fourth-order valence-electron chi connectivity index (χ4n) is 1.25. The van der Waals surface area contributed by atoms with Crippen molar-refractivity contribution in [3.63, 3.8) is 0 Å². The van der Waals surface area contributed by atoms with Gasteiger partial charge in [-0.25, -0.2) is 9.18 Å². The van der Waals surface area contributed by atoms with E-state index in [1.165, 1.54) is 0 Å². The average molecular weight is 189 g/mol. The van der Waals surface area contributed by atoms with Crippen molar-refractivity contribution in [2.24, 2.45) is 0 Å². The smallest absolute Gasteiger partial charge is 0.362 e. The van der Waals surface area contributed by atoms with E-state index in [0.717, 1.165) is 4.90 Å². The molecule has 0 radical (unpaired) electrons. The number of amides is 1. The summed E-state index contributed by atoms with van der Waals surface area (Å²) in [5.41, 5.74) is 0. The fraction of sp³-hybridized carbons (Fsp3) is 0.750. The van der Waals surface area contributed by atoms with Crippen molar-refractivity contribution < 1.29 is 18.7 Å². The van der Waals surface area contributed by atoms with Gasteiger partial charge in [0.25, 0.3) is 6.30 Å². The molecule has 5 heteroatoms. The molecule has 1 atom stereocenters. The van der Waals surface area contributed by atoms with E-state index >= 15 is 0 Å². The van der Waals surface area contributed by atoms with E-state index in [4.69, 9.17) is 0 Å². The van der Waals surface area contributed by atoms with Gasteiger partial charge in [0.1, 0.15) is 0 Å². The normalized spacial score (nSPS) is 18.9. The molecule has 0 aromatic rings. The first kappa shape index (κ1) is 9.95. The van der Waals surface area contributed by atoms with Crippen LogP contribution in [0.1, 0.15) is 19.8 Å². The van der Waals surface area contributed by atoms with Crippen LogP contribution in [0.15, 0.2) is 0 Å². The van der Waals surface area contributed by atoms with E-state index in [1.54, 1.807) is 6.92 Å². The van der Waals surface area contributed by atoms with Gasteiger partial charge in [0.05, 0.1) is 6.61 Å². The predicted molar refractivity (Wildman–Crippen MR) is 42.5 cm³/mol. The van der Waals surface area contributed by atoms with Crippen LogP contribution in [0.2, 0.25) is 0 Å². The van der Waals surface area contributed by atoms with E-state index in [0.29, 0.717) is 19.4 Å². The van der Waals surface area contributed by atoms with Gasteiger partial charge in [-0.1, -0.05) is 0 Å². The Morgan fingerprint density at radius 2 is 2.46 bits per heavy atom. The van der Waals surface area contributed by atoms with Crippen molar-refractivity contribution in [1.29, 1.82) is 0 Å². The summed E-state index contributed by atoms with van der Waals surface area (Å²) in [6.45, 7) is 2.02. The quantitative estimate of drug-likeness (QED) is 0.479. The second-order valence-corrected chi connectivity index (χ2v) is 2.78. The third kappa shape index (κ3) is 2.17. The number of carbonyl (C=O) groups excluding carboxylic acids is 2. The van der Waals surface area contributed by atoms with E-state index in [-0.39, 0.29) is 12.5 Å². The Bertz CT molecular complexity index is 219. The molecule has 74 valence electrons. The number of esters is 1. The summed E-state index contributed by atoms with van der Waals surface area (Å²) < 4.78 is 17.6. The number of rotatable bonds is 3. The van der Waals surface area contributed by atoms with Crippen LogP contribution in [0.4, 0.5) is 4.39 Å². The standard InChI is InChI=1S/C8H12FNO3/c1-2-13-8(12)7(9)10-5-3-4-6(10)11/h7H,2-5H2,1H3. The Morgan fingerprint density at radius 3 is 2.92 bits per heavy atom. The van der Waals surface area contributed by atoms with Gasteiger partial charge in [-0.15, -0.1) is 0 Å². The molecule has 4 nitrogen and oxygen atoms in total. The summed E-state index contributed by atoms with van der Waals surface area (Å²) in [5.74, 6) is -1.29. The number of halogens is 1. The maximum absolute atomic E-state index is 13.2. The first-order valence-corrected chi connectivity index (χ1v) is 4.27. The summed E-state index contributed by atoms with van der Waals surface area (Å²) in [5, 5.41) is 0. The molecule has 0 aliphatic carbocycles. The van der Waals surface area contributed by atoms with Crippen LogP contribution in [-0.4, -0.2) is 36.2 Å². The lowest BCUT2D eigenvalue weighted by Gasteiger charge is -2.18. The largest absolute Gasteiger partial charge is 0.462 e. The zero-order valence-electron chi connectivity index (χ0n) is 7.46. The Labute approximate surface area is 75.6 Å². The van der Waals surface area contributed by atoms with Crippen molar-refractivity contribution in [1.82, 2.24) is 4.90 Å². The molecule has 0 saturated carbocycles.